The molecule has 52 heavy (non-hydrogen) atoms. The number of carboxylic acid groups (broad SMARTS) is 1. The number of anilines is 1. The second kappa shape index (κ2) is 17.6. The van der Waals surface area contributed by atoms with Crippen LogP contribution < -0.4 is 9.64 Å². The van der Waals surface area contributed by atoms with Crippen molar-refractivity contribution in [2.75, 3.05) is 51.5 Å². The number of fused-ring (bicyclic) bond motifs is 1. The summed E-state index contributed by atoms with van der Waals surface area (Å²) >= 11 is 0. The van der Waals surface area contributed by atoms with Crippen molar-refractivity contribution in [1.82, 2.24) is 4.90 Å². The number of carbonyl (C=O) groups excluding carboxylic acids is 2. The average molecular weight is 741 g/mol. The number of hydrogen-bond donors (Lipinski definition) is 1. The molecular weight excluding hydrogens is 681 g/mol. The second-order valence-corrected chi connectivity index (χ2v) is 21.5. The molecule has 11 nitrogen and oxygen atoms in total. The Hall–Kier alpha value is -3.45. The van der Waals surface area contributed by atoms with Gasteiger partial charge in [0.25, 0.3) is 5.91 Å². The molecule has 2 heterocycles. The molecule has 1 saturated heterocycles. The number of carbonyl (C=O) groups is 3. The van der Waals surface area contributed by atoms with Gasteiger partial charge in [0, 0.05) is 45.2 Å². The van der Waals surface area contributed by atoms with Crippen LogP contribution in [0.1, 0.15) is 96.1 Å². The van der Waals surface area contributed by atoms with Gasteiger partial charge in [-0.15, -0.1) is 0 Å². The van der Waals surface area contributed by atoms with Gasteiger partial charge in [-0.05, 0) is 79.2 Å². The monoisotopic (exact) mass is 740 g/mol. The molecule has 0 spiro atoms. The molecule has 2 aliphatic rings. The van der Waals surface area contributed by atoms with Crippen molar-refractivity contribution in [2.24, 2.45) is 5.92 Å². The number of hydrogen-bond acceptors (Lipinski definition) is 8. The molecule has 1 fully saturated rings. The zero-order valence-electron chi connectivity index (χ0n) is 32.8. The largest absolute Gasteiger partial charge is 0.482 e. The number of aromatic carboxylic acids is 1. The normalized spacial score (nSPS) is 19.6. The molecule has 0 aromatic heterocycles. The van der Waals surface area contributed by atoms with Crippen LogP contribution in [0.4, 0.5) is 10.5 Å². The number of amides is 2. The number of likely N-dealkylation sites (tertiary alicyclic amines) is 1. The fourth-order valence-electron chi connectivity index (χ4n) is 8.13. The van der Waals surface area contributed by atoms with E-state index in [1.807, 2.05) is 51.1 Å². The number of carboxylic acids is 1. The second-order valence-electron chi connectivity index (χ2n) is 16.1. The Labute approximate surface area is 311 Å². The Morgan fingerprint density at radius 3 is 2.21 bits per heavy atom. The predicted molar refractivity (Wildman–Crippen MR) is 204 cm³/mol. The summed E-state index contributed by atoms with van der Waals surface area (Å²) < 4.78 is 30.8. The van der Waals surface area contributed by atoms with Gasteiger partial charge in [-0.25, -0.2) is 9.59 Å². The van der Waals surface area contributed by atoms with Gasteiger partial charge in [-0.2, -0.15) is 0 Å². The molecule has 2 aromatic carbocycles. The Bertz CT molecular complexity index is 1500. The Balaban J connectivity index is 1.72. The van der Waals surface area contributed by atoms with Crippen LogP contribution in [0.3, 0.4) is 0 Å². The zero-order valence-corrected chi connectivity index (χ0v) is 33.8. The van der Waals surface area contributed by atoms with Gasteiger partial charge in [0.1, 0.15) is 11.4 Å². The van der Waals surface area contributed by atoms with Gasteiger partial charge in [0.15, 0.2) is 14.9 Å². The fraction of sp³-hybridized carbons (Fsp3) is 0.625. The maximum Gasteiger partial charge on any atom is 0.410 e. The van der Waals surface area contributed by atoms with Gasteiger partial charge in [0.2, 0.25) is 0 Å². The summed E-state index contributed by atoms with van der Waals surface area (Å²) in [5.41, 5.74) is 3.08. The molecule has 2 amide bonds. The van der Waals surface area contributed by atoms with Crippen molar-refractivity contribution in [3.63, 3.8) is 0 Å². The minimum absolute atomic E-state index is 0.0151. The third kappa shape index (κ3) is 9.74. The van der Waals surface area contributed by atoms with Crippen LogP contribution in [0.15, 0.2) is 42.5 Å². The summed E-state index contributed by atoms with van der Waals surface area (Å²) in [4.78, 5) is 41.8. The molecule has 4 rings (SSSR count). The lowest BCUT2D eigenvalue weighted by Gasteiger charge is -2.47. The summed E-state index contributed by atoms with van der Waals surface area (Å²) in [5, 5.41) is 9.66. The molecule has 0 radical (unpaired) electrons. The molecule has 0 unspecified atom stereocenters. The van der Waals surface area contributed by atoms with Gasteiger partial charge in [0.05, 0.1) is 30.5 Å². The van der Waals surface area contributed by atoms with E-state index in [-0.39, 0.29) is 43.1 Å². The van der Waals surface area contributed by atoms with Gasteiger partial charge in [-0.1, -0.05) is 59.7 Å². The molecule has 0 bridgehead atoms. The van der Waals surface area contributed by atoms with E-state index >= 15 is 0 Å². The highest BCUT2D eigenvalue weighted by Gasteiger charge is 2.48. The molecule has 0 aliphatic carbocycles. The van der Waals surface area contributed by atoms with Gasteiger partial charge < -0.3 is 38.3 Å². The van der Waals surface area contributed by atoms with Gasteiger partial charge >= 0.3 is 12.1 Å². The first kappa shape index (κ1) is 41.3. The van der Waals surface area contributed by atoms with E-state index in [0.717, 1.165) is 11.1 Å². The average Bonchev–Trinajstić information content (AvgIpc) is 3.07. The molecular formula is C40H60N2O9Si. The van der Waals surface area contributed by atoms with E-state index < -0.39 is 32.1 Å². The highest BCUT2D eigenvalue weighted by molar-refractivity contribution is 6.77. The summed E-state index contributed by atoms with van der Waals surface area (Å²) in [6.07, 6.45) is -0.210. The third-order valence-corrected chi connectivity index (χ3v) is 16.5. The quantitative estimate of drug-likeness (QED) is 0.144. The Morgan fingerprint density at radius 2 is 1.63 bits per heavy atom. The first-order valence-electron chi connectivity index (χ1n) is 18.6. The highest BCUT2D eigenvalue weighted by Crippen LogP contribution is 2.44. The third-order valence-electron chi connectivity index (χ3n) is 10.4. The molecule has 288 valence electrons. The lowest BCUT2D eigenvalue weighted by Crippen LogP contribution is -2.55. The van der Waals surface area contributed by atoms with Crippen molar-refractivity contribution in [3.05, 3.63) is 59.2 Å². The first-order chi connectivity index (χ1) is 24.5. The SMILES string of the molecule is COCCCN1C(=O)COc2ccc(CO[C@H]3CN(C(=O)OC(C)(C)C)C[C@@H](CO[Si](C(C)C)(C(C)C)C(C)C)[C@@H]3c3ccc(C(=O)O)cc3)cc21. The number of benzene rings is 2. The van der Waals surface area contributed by atoms with Crippen molar-refractivity contribution >= 4 is 32.0 Å². The molecule has 12 heteroatoms. The number of methoxy groups -OCH3 is 1. The molecule has 2 aromatic rings. The standard InChI is InChI=1S/C40H60N2O9Si/c1-26(2)52(27(3)4,28(5)6)50-24-32-21-41(39(46)51-40(7,8)9)22-35(37(32)30-13-15-31(16-14-30)38(44)45)48-23-29-12-17-34-33(20-29)42(18-11-19-47-10)36(43)25-49-34/h12-17,20,26-28,32,35,37H,11,18-19,21-25H2,1-10H3,(H,44,45)/t32-,35-,37-/m0/s1. The number of nitrogens with zero attached hydrogens (tertiary/aromatic N) is 2. The lowest BCUT2D eigenvalue weighted by atomic mass is 9.78. The van der Waals surface area contributed by atoms with Gasteiger partial charge in [-0.3, -0.25) is 4.79 Å². The summed E-state index contributed by atoms with van der Waals surface area (Å²) in [6, 6.07) is 12.7. The van der Waals surface area contributed by atoms with E-state index in [9.17, 15) is 19.5 Å². The summed E-state index contributed by atoms with van der Waals surface area (Å²) in [6.45, 7) is 21.4. The number of ether oxygens (including phenoxy) is 4. The maximum atomic E-state index is 13.7. The summed E-state index contributed by atoms with van der Waals surface area (Å²) in [7, 11) is -0.650. The van der Waals surface area contributed by atoms with Crippen LogP contribution in [0.5, 0.6) is 5.75 Å². The van der Waals surface area contributed by atoms with E-state index in [1.54, 1.807) is 29.0 Å². The highest BCUT2D eigenvalue weighted by atomic mass is 28.4. The van der Waals surface area contributed by atoms with Crippen LogP contribution >= 0.6 is 0 Å². The van der Waals surface area contributed by atoms with Crippen molar-refractivity contribution in [2.45, 2.75) is 110 Å². The van der Waals surface area contributed by atoms with E-state index in [2.05, 4.69) is 41.5 Å². The first-order valence-corrected chi connectivity index (χ1v) is 20.7. The number of piperidine rings is 1. The van der Waals surface area contributed by atoms with Crippen molar-refractivity contribution in [1.29, 1.82) is 0 Å². The van der Waals surface area contributed by atoms with E-state index in [0.29, 0.717) is 60.8 Å². The minimum atomic E-state index is -2.29. The molecule has 1 N–H and O–H groups in total. The van der Waals surface area contributed by atoms with Crippen LogP contribution in [0.25, 0.3) is 0 Å². The van der Waals surface area contributed by atoms with E-state index in [1.165, 1.54) is 0 Å². The fourth-order valence-corrected chi connectivity index (χ4v) is 13.6. The van der Waals surface area contributed by atoms with E-state index in [4.69, 9.17) is 23.4 Å². The lowest BCUT2D eigenvalue weighted by molar-refractivity contribution is -0.121. The number of rotatable bonds is 15. The zero-order chi connectivity index (χ0) is 38.4. The summed E-state index contributed by atoms with van der Waals surface area (Å²) in [5.74, 6) is -0.856. The molecule has 3 atom stereocenters. The van der Waals surface area contributed by atoms with Crippen LogP contribution in [-0.4, -0.2) is 94.6 Å². The topological polar surface area (TPSA) is 124 Å². The van der Waals surface area contributed by atoms with Crippen LogP contribution in [-0.2, 0) is 30.0 Å². The maximum absolute atomic E-state index is 13.7. The Kier molecular flexibility index (Phi) is 14.0. The van der Waals surface area contributed by atoms with Crippen molar-refractivity contribution < 1.29 is 42.9 Å². The Morgan fingerprint density at radius 1 is 0.981 bits per heavy atom. The molecule has 0 saturated carbocycles. The minimum Gasteiger partial charge on any atom is -0.482 e. The molecule has 2 aliphatic heterocycles. The smallest absolute Gasteiger partial charge is 0.410 e. The van der Waals surface area contributed by atoms with Crippen molar-refractivity contribution in [3.8, 4) is 5.75 Å². The predicted octanol–water partition coefficient (Wildman–Crippen LogP) is 7.87. The van der Waals surface area contributed by atoms with Crippen LogP contribution in [0, 0.1) is 5.92 Å². The van der Waals surface area contributed by atoms with Crippen LogP contribution in [0.2, 0.25) is 16.6 Å².